The van der Waals surface area contributed by atoms with Crippen LogP contribution in [-0.4, -0.2) is 68.0 Å². The van der Waals surface area contributed by atoms with Gasteiger partial charge in [-0.25, -0.2) is 4.79 Å². The predicted octanol–water partition coefficient (Wildman–Crippen LogP) is 3.01. The molecule has 1 unspecified atom stereocenters. The fourth-order valence-corrected chi connectivity index (χ4v) is 4.52. The van der Waals surface area contributed by atoms with Crippen LogP contribution in [0, 0.1) is 33.1 Å². The van der Waals surface area contributed by atoms with Crippen molar-refractivity contribution in [2.45, 2.75) is 24.0 Å². The van der Waals surface area contributed by atoms with Crippen molar-refractivity contribution >= 4 is 28.3 Å². The predicted molar refractivity (Wildman–Crippen MR) is 126 cm³/mol. The van der Waals surface area contributed by atoms with E-state index in [2.05, 4.69) is 19.6 Å². The highest BCUT2D eigenvalue weighted by molar-refractivity contribution is 7.90. The van der Waals surface area contributed by atoms with Crippen molar-refractivity contribution in [1.82, 2.24) is 14.5 Å². The first-order valence-corrected chi connectivity index (χ1v) is 12.4. The number of fused-ring (bicyclic) bond motifs is 1. The van der Waals surface area contributed by atoms with E-state index < -0.39 is 66.0 Å². The van der Waals surface area contributed by atoms with E-state index in [9.17, 15) is 42.7 Å². The minimum atomic E-state index is -4.58. The summed E-state index contributed by atoms with van der Waals surface area (Å²) < 4.78 is 61.9. The van der Waals surface area contributed by atoms with Gasteiger partial charge in [0.15, 0.2) is 12.4 Å². The summed E-state index contributed by atoms with van der Waals surface area (Å²) in [7, 11) is 0. The average molecular weight is 591 g/mol. The van der Waals surface area contributed by atoms with Gasteiger partial charge in [0.25, 0.3) is 10.2 Å². The maximum absolute atomic E-state index is 13.4. The van der Waals surface area contributed by atoms with Crippen LogP contribution in [0.1, 0.15) is 11.3 Å². The lowest BCUT2D eigenvalue weighted by molar-refractivity contribution is -0.768. The maximum Gasteiger partial charge on any atom is 0.423 e. The van der Waals surface area contributed by atoms with Crippen LogP contribution < -0.4 is 4.74 Å². The molecule has 0 spiro atoms. The van der Waals surface area contributed by atoms with E-state index in [1.165, 1.54) is 31.3 Å². The number of alkyl halides is 3. The van der Waals surface area contributed by atoms with E-state index >= 15 is 0 Å². The Balaban J connectivity index is 1.83. The van der Waals surface area contributed by atoms with E-state index in [4.69, 9.17) is 9.47 Å². The third-order valence-electron chi connectivity index (χ3n) is 5.11. The fourth-order valence-electron chi connectivity index (χ4n) is 3.27. The molecule has 0 saturated heterocycles. The number of para-hydroxylation sites is 2. The lowest BCUT2D eigenvalue weighted by atomic mass is 10.2. The quantitative estimate of drug-likeness (QED) is 0.160. The van der Waals surface area contributed by atoms with Crippen LogP contribution in [0.4, 0.5) is 18.0 Å². The molecule has 1 atom stereocenters. The Bertz CT molecular complexity index is 1350. The largest absolute Gasteiger partial charge is 0.609 e. The number of imidazole rings is 1. The molecular weight excluding hydrogens is 571 g/mol. The number of hydrogen-bond acceptors (Lipinski definition) is 12. The molecule has 216 valence electrons. The first kappa shape index (κ1) is 30.2. The lowest BCUT2D eigenvalue weighted by Gasteiger charge is -2.16. The van der Waals surface area contributed by atoms with Gasteiger partial charge in [-0.05, 0) is 25.1 Å². The van der Waals surface area contributed by atoms with E-state index in [-0.39, 0.29) is 38.9 Å². The number of halogens is 3. The second kappa shape index (κ2) is 13.1. The standard InChI is InChI=1S/C21H20F3N5O10S/c1-13-16(25-7-6-18(13)37-12-21(22,23)24)11-40(35)19-26-15-4-2-3-5-17(15)27(19)20(30)36-8-14(9-38-28(31)32)10-39-29(33)34/h2-7,14H,8-12H2,1H3. The molecule has 15 nitrogen and oxygen atoms in total. The number of carbonyl (C=O) groups excluding carboxylic acids is 1. The molecule has 0 amide bonds. The van der Waals surface area contributed by atoms with Gasteiger partial charge in [0.1, 0.15) is 19.0 Å². The van der Waals surface area contributed by atoms with Crippen LogP contribution in [-0.2, 0) is 31.3 Å². The summed E-state index contributed by atoms with van der Waals surface area (Å²) in [4.78, 5) is 50.7. The summed E-state index contributed by atoms with van der Waals surface area (Å²) >= 11 is -2.09. The van der Waals surface area contributed by atoms with Gasteiger partial charge in [-0.1, -0.05) is 12.1 Å². The highest BCUT2D eigenvalue weighted by Gasteiger charge is 2.31. The van der Waals surface area contributed by atoms with E-state index in [1.54, 1.807) is 12.1 Å². The molecule has 0 fully saturated rings. The Morgan fingerprint density at radius 1 is 1.10 bits per heavy atom. The molecule has 0 aliphatic heterocycles. The Morgan fingerprint density at radius 2 is 1.75 bits per heavy atom. The number of carbonyl (C=O) groups is 1. The van der Waals surface area contributed by atoms with E-state index in [0.29, 0.717) is 0 Å². The molecule has 2 aromatic heterocycles. The summed E-state index contributed by atoms with van der Waals surface area (Å²) in [6.07, 6.45) is -4.51. The summed E-state index contributed by atoms with van der Waals surface area (Å²) in [6.45, 7) is -2.09. The number of pyridine rings is 1. The van der Waals surface area contributed by atoms with Crippen LogP contribution >= 0.6 is 0 Å². The van der Waals surface area contributed by atoms with Crippen molar-refractivity contribution in [2.75, 3.05) is 26.4 Å². The molecule has 40 heavy (non-hydrogen) atoms. The zero-order chi connectivity index (χ0) is 29.4. The molecule has 3 aromatic rings. The zero-order valence-corrected chi connectivity index (χ0v) is 21.3. The highest BCUT2D eigenvalue weighted by Crippen LogP contribution is 2.27. The summed E-state index contributed by atoms with van der Waals surface area (Å²) in [5.74, 6) is -1.59. The number of benzene rings is 1. The van der Waals surface area contributed by atoms with Crippen LogP contribution in [0.5, 0.6) is 5.75 Å². The Kier molecular flexibility index (Phi) is 9.88. The van der Waals surface area contributed by atoms with Gasteiger partial charge in [0.05, 0.1) is 23.3 Å². The van der Waals surface area contributed by atoms with Gasteiger partial charge >= 0.3 is 17.4 Å². The summed E-state index contributed by atoms with van der Waals surface area (Å²) in [5.41, 5.74) is 0.755. The molecule has 0 radical (unpaired) electrons. The summed E-state index contributed by atoms with van der Waals surface area (Å²) in [6, 6.07) is 7.38. The Hall–Kier alpha value is -4.39. The SMILES string of the molecule is Cc1c(OCC(F)(F)F)ccnc1C[S+]([O-])c1nc2ccccc2n1C(=O)OCC(CO[N+](=O)[O-])CO[N+](=O)[O-]. The number of nitrogens with zero attached hydrogens (tertiary/aromatic N) is 5. The molecule has 0 aliphatic rings. The van der Waals surface area contributed by atoms with Crippen molar-refractivity contribution < 1.29 is 51.8 Å². The van der Waals surface area contributed by atoms with Crippen LogP contribution in [0.3, 0.4) is 0 Å². The Morgan fingerprint density at radius 3 is 2.38 bits per heavy atom. The van der Waals surface area contributed by atoms with Crippen molar-refractivity contribution in [3.8, 4) is 5.75 Å². The molecule has 0 saturated carbocycles. The molecule has 19 heteroatoms. The number of hydrogen-bond donors (Lipinski definition) is 0. The second-order valence-corrected chi connectivity index (χ2v) is 9.32. The minimum Gasteiger partial charge on any atom is -0.609 e. The monoisotopic (exact) mass is 591 g/mol. The van der Waals surface area contributed by atoms with Gasteiger partial charge in [-0.15, -0.1) is 20.2 Å². The Labute approximate surface area is 225 Å². The average Bonchev–Trinajstić information content (AvgIpc) is 3.27. The maximum atomic E-state index is 13.4. The molecule has 0 N–H and O–H groups in total. The third kappa shape index (κ3) is 8.30. The van der Waals surface area contributed by atoms with E-state index in [1.807, 2.05) is 0 Å². The van der Waals surface area contributed by atoms with Crippen molar-refractivity contribution in [3.63, 3.8) is 0 Å². The fraction of sp³-hybridized carbons (Fsp3) is 0.381. The van der Waals surface area contributed by atoms with Gasteiger partial charge in [0, 0.05) is 28.9 Å². The number of rotatable bonds is 13. The number of aromatic nitrogens is 3. The molecule has 1 aromatic carbocycles. The number of ether oxygens (including phenoxy) is 2. The van der Waals surface area contributed by atoms with Crippen LogP contribution in [0.2, 0.25) is 0 Å². The van der Waals surface area contributed by atoms with E-state index in [0.717, 1.165) is 4.57 Å². The third-order valence-corrected chi connectivity index (χ3v) is 6.32. The zero-order valence-electron chi connectivity index (χ0n) is 20.4. The van der Waals surface area contributed by atoms with Crippen LogP contribution in [0.15, 0.2) is 41.7 Å². The first-order chi connectivity index (χ1) is 18.9. The normalized spacial score (nSPS) is 12.2. The van der Waals surface area contributed by atoms with Crippen molar-refractivity contribution in [1.29, 1.82) is 0 Å². The van der Waals surface area contributed by atoms with Crippen molar-refractivity contribution in [3.05, 3.63) is 68.0 Å². The molecule has 2 heterocycles. The van der Waals surface area contributed by atoms with Crippen molar-refractivity contribution in [2.24, 2.45) is 5.92 Å². The molecule has 3 rings (SSSR count). The lowest BCUT2D eigenvalue weighted by Crippen LogP contribution is -2.28. The molecular formula is C21H20F3N5O10S. The smallest absolute Gasteiger partial charge is 0.423 e. The minimum absolute atomic E-state index is 0.118. The molecule has 0 aliphatic carbocycles. The van der Waals surface area contributed by atoms with Gasteiger partial charge in [0.2, 0.25) is 0 Å². The van der Waals surface area contributed by atoms with Gasteiger partial charge in [-0.2, -0.15) is 22.7 Å². The van der Waals surface area contributed by atoms with Gasteiger partial charge < -0.3 is 23.7 Å². The summed E-state index contributed by atoms with van der Waals surface area (Å²) in [5, 5.41) is 18.4. The molecule has 0 bridgehead atoms. The second-order valence-electron chi connectivity index (χ2n) is 7.97. The van der Waals surface area contributed by atoms with Crippen LogP contribution in [0.25, 0.3) is 11.0 Å². The van der Waals surface area contributed by atoms with Gasteiger partial charge in [-0.3, -0.25) is 4.98 Å². The first-order valence-electron chi connectivity index (χ1n) is 11.1. The topological polar surface area (TPSA) is 194 Å². The highest BCUT2D eigenvalue weighted by atomic mass is 32.2.